The van der Waals surface area contributed by atoms with Crippen LogP contribution in [0, 0.1) is 6.92 Å². The van der Waals surface area contributed by atoms with Crippen molar-refractivity contribution < 1.29 is 22.7 Å². The molecule has 0 unspecified atom stereocenters. The molecule has 0 saturated carbocycles. The number of amides is 1. The van der Waals surface area contributed by atoms with Gasteiger partial charge < -0.3 is 14.8 Å². The SMILES string of the molecule is CCCNS(=O)(=O)c1ccc(OCC(=O)NCCCOC)c(C)c1. The summed E-state index contributed by atoms with van der Waals surface area (Å²) in [5.74, 6) is 0.253. The summed E-state index contributed by atoms with van der Waals surface area (Å²) in [7, 11) is -1.90. The lowest BCUT2D eigenvalue weighted by molar-refractivity contribution is -0.123. The third-order valence-corrected chi connectivity index (χ3v) is 4.66. The second-order valence-electron chi connectivity index (χ2n) is 5.31. The molecular formula is C16H26N2O5S. The summed E-state index contributed by atoms with van der Waals surface area (Å²) in [6, 6.07) is 4.56. The largest absolute Gasteiger partial charge is 0.484 e. The lowest BCUT2D eigenvalue weighted by atomic mass is 10.2. The molecule has 2 N–H and O–H groups in total. The van der Waals surface area contributed by atoms with Gasteiger partial charge in [0.1, 0.15) is 5.75 Å². The van der Waals surface area contributed by atoms with Crippen LogP contribution in [0.2, 0.25) is 0 Å². The Kier molecular flexibility index (Phi) is 8.73. The monoisotopic (exact) mass is 358 g/mol. The zero-order chi connectivity index (χ0) is 18.0. The summed E-state index contributed by atoms with van der Waals surface area (Å²) in [4.78, 5) is 11.8. The summed E-state index contributed by atoms with van der Waals surface area (Å²) in [6.45, 7) is 5.02. The van der Waals surface area contributed by atoms with Crippen LogP contribution >= 0.6 is 0 Å². The Hall–Kier alpha value is -1.64. The number of carbonyl (C=O) groups is 1. The number of ether oxygens (including phenoxy) is 2. The van der Waals surface area contributed by atoms with Gasteiger partial charge in [-0.3, -0.25) is 4.79 Å². The fourth-order valence-electron chi connectivity index (χ4n) is 1.91. The second-order valence-corrected chi connectivity index (χ2v) is 7.08. The van der Waals surface area contributed by atoms with Crippen LogP contribution in [0.5, 0.6) is 5.75 Å². The number of aryl methyl sites for hydroxylation is 1. The van der Waals surface area contributed by atoms with Gasteiger partial charge in [0.25, 0.3) is 5.91 Å². The molecule has 0 saturated heterocycles. The van der Waals surface area contributed by atoms with Crippen LogP contribution in [0.15, 0.2) is 23.1 Å². The van der Waals surface area contributed by atoms with Crippen molar-refractivity contribution in [3.05, 3.63) is 23.8 Å². The maximum atomic E-state index is 12.1. The predicted octanol–water partition coefficient (Wildman–Crippen LogP) is 1.21. The third-order valence-electron chi connectivity index (χ3n) is 3.20. The zero-order valence-corrected chi connectivity index (χ0v) is 15.2. The van der Waals surface area contributed by atoms with E-state index in [4.69, 9.17) is 9.47 Å². The molecule has 8 heteroatoms. The fraction of sp³-hybridized carbons (Fsp3) is 0.562. The highest BCUT2D eigenvalue weighted by Crippen LogP contribution is 2.21. The van der Waals surface area contributed by atoms with Gasteiger partial charge in [0.15, 0.2) is 6.61 Å². The molecule has 0 fully saturated rings. The van der Waals surface area contributed by atoms with Gasteiger partial charge in [0.2, 0.25) is 10.0 Å². The van der Waals surface area contributed by atoms with E-state index >= 15 is 0 Å². The Morgan fingerprint density at radius 3 is 2.62 bits per heavy atom. The highest BCUT2D eigenvalue weighted by atomic mass is 32.2. The molecule has 0 aliphatic rings. The topological polar surface area (TPSA) is 93.7 Å². The van der Waals surface area contributed by atoms with Gasteiger partial charge in [-0.25, -0.2) is 13.1 Å². The fourth-order valence-corrected chi connectivity index (χ4v) is 3.13. The van der Waals surface area contributed by atoms with Crippen molar-refractivity contribution in [1.29, 1.82) is 0 Å². The normalized spacial score (nSPS) is 11.3. The minimum Gasteiger partial charge on any atom is -0.484 e. The van der Waals surface area contributed by atoms with E-state index in [0.29, 0.717) is 31.0 Å². The molecule has 0 bridgehead atoms. The van der Waals surface area contributed by atoms with Crippen LogP contribution in [0.1, 0.15) is 25.3 Å². The van der Waals surface area contributed by atoms with Crippen LogP contribution in [-0.4, -0.2) is 47.7 Å². The molecule has 0 atom stereocenters. The van der Waals surface area contributed by atoms with Gasteiger partial charge in [-0.1, -0.05) is 6.92 Å². The quantitative estimate of drug-likeness (QED) is 0.580. The maximum absolute atomic E-state index is 12.1. The summed E-state index contributed by atoms with van der Waals surface area (Å²) in [5.41, 5.74) is 0.654. The van der Waals surface area contributed by atoms with Crippen molar-refractivity contribution in [1.82, 2.24) is 10.0 Å². The van der Waals surface area contributed by atoms with Crippen molar-refractivity contribution in [3.63, 3.8) is 0 Å². The molecule has 7 nitrogen and oxygen atoms in total. The number of methoxy groups -OCH3 is 1. The Morgan fingerprint density at radius 2 is 2.00 bits per heavy atom. The lowest BCUT2D eigenvalue weighted by Crippen LogP contribution is -2.30. The number of sulfonamides is 1. The first-order valence-corrected chi connectivity index (χ1v) is 9.37. The van der Waals surface area contributed by atoms with Crippen LogP contribution < -0.4 is 14.8 Å². The second kappa shape index (κ2) is 10.3. The third kappa shape index (κ3) is 6.86. The number of carbonyl (C=O) groups excluding carboxylic acids is 1. The van der Waals surface area contributed by atoms with Crippen molar-refractivity contribution in [2.45, 2.75) is 31.6 Å². The van der Waals surface area contributed by atoms with Crippen LogP contribution in [-0.2, 0) is 19.6 Å². The van der Waals surface area contributed by atoms with Crippen molar-refractivity contribution >= 4 is 15.9 Å². The minimum atomic E-state index is -3.51. The summed E-state index contributed by atoms with van der Waals surface area (Å²) in [6.07, 6.45) is 1.46. The van der Waals surface area contributed by atoms with Gasteiger partial charge in [-0.2, -0.15) is 0 Å². The molecule has 136 valence electrons. The number of hydrogen-bond donors (Lipinski definition) is 2. The molecular weight excluding hydrogens is 332 g/mol. The van der Waals surface area contributed by atoms with Crippen molar-refractivity contribution in [2.24, 2.45) is 0 Å². The highest BCUT2D eigenvalue weighted by Gasteiger charge is 2.15. The van der Waals surface area contributed by atoms with Gasteiger partial charge in [0, 0.05) is 26.8 Å². The molecule has 1 rings (SSSR count). The van der Waals surface area contributed by atoms with E-state index in [-0.39, 0.29) is 17.4 Å². The van der Waals surface area contributed by atoms with E-state index in [9.17, 15) is 13.2 Å². The van der Waals surface area contributed by atoms with E-state index < -0.39 is 10.0 Å². The first-order valence-electron chi connectivity index (χ1n) is 7.89. The van der Waals surface area contributed by atoms with Crippen LogP contribution in [0.4, 0.5) is 0 Å². The van der Waals surface area contributed by atoms with Crippen LogP contribution in [0.25, 0.3) is 0 Å². The minimum absolute atomic E-state index is 0.117. The van der Waals surface area contributed by atoms with E-state index in [0.717, 1.165) is 12.8 Å². The standard InChI is InChI=1S/C16H26N2O5S/c1-4-8-18-24(20,21)14-6-7-15(13(2)11-14)23-12-16(19)17-9-5-10-22-3/h6-7,11,18H,4-5,8-10,12H2,1-3H3,(H,17,19). The average Bonchev–Trinajstić information content (AvgIpc) is 2.55. The van der Waals surface area contributed by atoms with E-state index in [1.165, 1.54) is 12.1 Å². The molecule has 0 heterocycles. The van der Waals surface area contributed by atoms with Crippen molar-refractivity contribution in [3.8, 4) is 5.75 Å². The van der Waals surface area contributed by atoms with Gasteiger partial charge in [0.05, 0.1) is 4.90 Å². The first-order chi connectivity index (χ1) is 11.4. The smallest absolute Gasteiger partial charge is 0.257 e. The van der Waals surface area contributed by atoms with Gasteiger partial charge in [-0.05, 0) is 43.5 Å². The number of nitrogens with one attached hydrogen (secondary N) is 2. The molecule has 0 aromatic heterocycles. The average molecular weight is 358 g/mol. The van der Waals surface area contributed by atoms with Crippen LogP contribution in [0.3, 0.4) is 0 Å². The maximum Gasteiger partial charge on any atom is 0.257 e. The molecule has 0 radical (unpaired) electrons. The predicted molar refractivity (Wildman–Crippen MR) is 91.7 cm³/mol. The van der Waals surface area contributed by atoms with E-state index in [1.54, 1.807) is 20.1 Å². The Labute approximate surface area is 143 Å². The Bertz CT molecular complexity index is 631. The summed E-state index contributed by atoms with van der Waals surface area (Å²) < 4.78 is 37.0. The highest BCUT2D eigenvalue weighted by molar-refractivity contribution is 7.89. The Morgan fingerprint density at radius 1 is 1.25 bits per heavy atom. The molecule has 1 amide bonds. The molecule has 0 aliphatic heterocycles. The first kappa shape index (κ1) is 20.4. The molecule has 24 heavy (non-hydrogen) atoms. The van der Waals surface area contributed by atoms with Gasteiger partial charge in [-0.15, -0.1) is 0 Å². The summed E-state index contributed by atoms with van der Waals surface area (Å²) in [5, 5.41) is 2.72. The summed E-state index contributed by atoms with van der Waals surface area (Å²) >= 11 is 0. The Balaban J connectivity index is 2.58. The number of rotatable bonds is 11. The van der Waals surface area contributed by atoms with Crippen molar-refractivity contribution in [2.75, 3.05) is 33.4 Å². The lowest BCUT2D eigenvalue weighted by Gasteiger charge is -2.11. The van der Waals surface area contributed by atoms with Gasteiger partial charge >= 0.3 is 0 Å². The molecule has 1 aromatic rings. The zero-order valence-electron chi connectivity index (χ0n) is 14.4. The van der Waals surface area contributed by atoms with E-state index in [1.807, 2.05) is 6.92 Å². The number of hydrogen-bond acceptors (Lipinski definition) is 5. The molecule has 0 spiro atoms. The molecule has 0 aliphatic carbocycles. The molecule has 1 aromatic carbocycles. The van der Waals surface area contributed by atoms with E-state index in [2.05, 4.69) is 10.0 Å². The number of benzene rings is 1.